The lowest BCUT2D eigenvalue weighted by Gasteiger charge is -2.32. The largest absolute Gasteiger partial charge is 0.174 e. The van der Waals surface area contributed by atoms with Crippen molar-refractivity contribution in [1.82, 2.24) is 0 Å². The Balaban J connectivity index is 0.000000109. The molecule has 0 nitrogen and oxygen atoms in total. The lowest BCUT2D eigenvalue weighted by atomic mass is 9.98. The zero-order valence-electron chi connectivity index (χ0n) is 20.0. The van der Waals surface area contributed by atoms with Gasteiger partial charge in [0, 0.05) is 118 Å². The molecule has 8 unspecified atom stereocenters. The minimum atomic E-state index is 0.439. The quantitative estimate of drug-likeness (QED) is 0.110. The molecule has 6 aliphatic carbocycles. The van der Waals surface area contributed by atoms with E-state index < -0.39 is 0 Å². The molecule has 6 fully saturated rings. The predicted molar refractivity (Wildman–Crippen MR) is 224 cm³/mol. The van der Waals surface area contributed by atoms with Gasteiger partial charge in [-0.25, -0.2) is 0 Å². The second-order valence-electron chi connectivity index (χ2n) is 10.2. The molecule has 220 valence electrons. The summed E-state index contributed by atoms with van der Waals surface area (Å²) in [6.45, 7) is 0. The van der Waals surface area contributed by atoms with E-state index in [4.69, 9.17) is 0 Å². The number of rotatable bonds is 0. The van der Waals surface area contributed by atoms with Crippen LogP contribution in [0.15, 0.2) is 24.3 Å². The molecule has 2 heterocycles. The molecular formula is C21H28S18. The van der Waals surface area contributed by atoms with Gasteiger partial charge in [-0.1, -0.05) is 67.5 Å². The van der Waals surface area contributed by atoms with Gasteiger partial charge in [0.15, 0.2) is 0 Å². The Labute approximate surface area is 305 Å². The highest BCUT2D eigenvalue weighted by molar-refractivity contribution is 9.11. The second kappa shape index (κ2) is 17.2. The van der Waals surface area contributed by atoms with Crippen LogP contribution in [0, 0.1) is 35.5 Å². The number of hydrogen-bond acceptors (Lipinski definition) is 12. The minimum absolute atomic E-state index is 0.439. The summed E-state index contributed by atoms with van der Waals surface area (Å²) in [7, 11) is 21.9. The summed E-state index contributed by atoms with van der Waals surface area (Å²) in [4.78, 5) is 0. The first-order chi connectivity index (χ1) is 18.9. The van der Waals surface area contributed by atoms with Crippen molar-refractivity contribution in [3.05, 3.63) is 24.3 Å². The molecule has 0 amide bonds. The van der Waals surface area contributed by atoms with E-state index in [1.54, 1.807) is 41.9 Å². The van der Waals surface area contributed by atoms with Crippen molar-refractivity contribution in [3.63, 3.8) is 0 Å². The maximum Gasteiger partial charge on any atom is 0.0329 e. The van der Waals surface area contributed by atoms with Gasteiger partial charge >= 0.3 is 0 Å². The van der Waals surface area contributed by atoms with E-state index in [0.717, 1.165) is 44.7 Å². The van der Waals surface area contributed by atoms with Gasteiger partial charge in [0.1, 0.15) is 0 Å². The van der Waals surface area contributed by atoms with Crippen molar-refractivity contribution < 1.29 is 0 Å². The van der Waals surface area contributed by atoms with Crippen LogP contribution in [0.25, 0.3) is 0 Å². The molecule has 18 heteroatoms. The molecule has 4 saturated carbocycles. The third kappa shape index (κ3) is 8.43. The van der Waals surface area contributed by atoms with Crippen LogP contribution >= 0.6 is 113 Å². The highest BCUT2D eigenvalue weighted by Gasteiger charge is 2.62. The Bertz CT molecular complexity index is 1050. The molecule has 0 aromatic heterocycles. The topological polar surface area (TPSA) is 0 Å². The summed E-state index contributed by atoms with van der Waals surface area (Å²) >= 11 is 27.3. The maximum absolute atomic E-state index is 4.60. The first kappa shape index (κ1) is 35.1. The molecule has 2 saturated heterocycles. The zero-order valence-corrected chi connectivity index (χ0v) is 35.0. The lowest BCUT2D eigenvalue weighted by Crippen LogP contribution is -2.38. The highest BCUT2D eigenvalue weighted by atomic mass is 33.5. The molecule has 0 aromatic carbocycles. The summed E-state index contributed by atoms with van der Waals surface area (Å²) < 4.78 is 0. The van der Waals surface area contributed by atoms with Crippen molar-refractivity contribution in [2.45, 2.75) is 61.3 Å². The summed E-state index contributed by atoms with van der Waals surface area (Å²) in [6, 6.07) is 0. The average Bonchev–Trinajstić information content (AvgIpc) is 3.77. The SMILES string of the molecule is C1=CC2C=CC1C2.C1C2C3SSSC3C1C1SSSC21.S=S=S=S=S=S=S=S.SC1C(S)C2CC1C(S)C2S. The Morgan fingerprint density at radius 1 is 0.487 bits per heavy atom. The normalized spacial score (nSPS) is 47.6. The van der Waals surface area contributed by atoms with E-state index in [9.17, 15) is 0 Å². The molecule has 8 aliphatic rings. The van der Waals surface area contributed by atoms with Crippen molar-refractivity contribution >= 4 is 189 Å². The summed E-state index contributed by atoms with van der Waals surface area (Å²) in [5, 5.41) is 5.79. The summed E-state index contributed by atoms with van der Waals surface area (Å²) in [6.07, 6.45) is 13.3. The predicted octanol–water partition coefficient (Wildman–Crippen LogP) is 7.76. The van der Waals surface area contributed by atoms with E-state index in [1.165, 1.54) is 30.6 Å². The van der Waals surface area contributed by atoms with Crippen molar-refractivity contribution in [2.75, 3.05) is 0 Å². The Morgan fingerprint density at radius 2 is 0.821 bits per heavy atom. The van der Waals surface area contributed by atoms with Gasteiger partial charge in [0.25, 0.3) is 0 Å². The van der Waals surface area contributed by atoms with Crippen LogP contribution in [0.4, 0.5) is 0 Å². The Kier molecular flexibility index (Phi) is 15.5. The number of allylic oxidation sites excluding steroid dienone is 4. The summed E-state index contributed by atoms with van der Waals surface area (Å²) in [5.74, 6) is 5.00. The molecule has 0 spiro atoms. The molecule has 39 heavy (non-hydrogen) atoms. The molecule has 0 radical (unpaired) electrons. The van der Waals surface area contributed by atoms with Crippen molar-refractivity contribution in [1.29, 1.82) is 0 Å². The van der Waals surface area contributed by atoms with E-state index >= 15 is 0 Å². The molecule has 8 atom stereocenters. The fourth-order valence-electron chi connectivity index (χ4n) is 6.59. The smallest absolute Gasteiger partial charge is 0.0329 e. The van der Waals surface area contributed by atoms with Crippen LogP contribution in [0.2, 0.25) is 0 Å². The van der Waals surface area contributed by atoms with Crippen molar-refractivity contribution in [2.24, 2.45) is 35.5 Å². The van der Waals surface area contributed by atoms with Gasteiger partial charge in [0.05, 0.1) is 0 Å². The van der Waals surface area contributed by atoms with Gasteiger partial charge in [-0.15, -0.1) is 0 Å². The number of fused-ring (bicyclic) bond motifs is 12. The highest BCUT2D eigenvalue weighted by Crippen LogP contribution is 2.73. The molecule has 8 rings (SSSR count). The third-order valence-corrected chi connectivity index (χ3v) is 33.3. The summed E-state index contributed by atoms with van der Waals surface area (Å²) in [5.41, 5.74) is 0. The number of thiol groups is 4. The standard InChI is InChI=1S/C7H8S6.C7H12S4.C7H8.S8/c1-2-4-6(10-12-8-4)3(1)7-5(2)9-13-11-7;8-4-2-1-3(6(4)10)7(11)5(2)9;1-2-7-4-3-6(1)5-7;1-3-5-7-8-6-4-2/h2-7H,1H2;2-11H,1H2;1-4,6-7H,5H2;. The van der Waals surface area contributed by atoms with Crippen LogP contribution in [-0.2, 0) is 75.7 Å². The fraction of sp³-hybridized carbons (Fsp3) is 0.810. The van der Waals surface area contributed by atoms with Crippen molar-refractivity contribution in [3.8, 4) is 0 Å². The second-order valence-corrected chi connectivity index (χ2v) is 32.0. The molecule has 6 bridgehead atoms. The Morgan fingerprint density at radius 3 is 1.08 bits per heavy atom. The van der Waals surface area contributed by atoms with Gasteiger partial charge in [-0.3, -0.25) is 0 Å². The van der Waals surface area contributed by atoms with Gasteiger partial charge < -0.3 is 0 Å². The van der Waals surface area contributed by atoms with Gasteiger partial charge in [0.2, 0.25) is 0 Å². The monoisotopic (exact) mass is 856 g/mol. The number of hydrogen-bond donors (Lipinski definition) is 4. The fourth-order valence-corrected chi connectivity index (χ4v) is 33.6. The van der Waals surface area contributed by atoms with E-state index in [0.29, 0.717) is 32.8 Å². The first-order valence-electron chi connectivity index (χ1n) is 12.3. The molecular weight excluding hydrogens is 829 g/mol. The van der Waals surface area contributed by atoms with Crippen LogP contribution < -0.4 is 0 Å². The van der Waals surface area contributed by atoms with Crippen LogP contribution in [-0.4, -0.2) is 42.0 Å². The van der Waals surface area contributed by atoms with Crippen LogP contribution in [0.5, 0.6) is 0 Å². The molecule has 2 aliphatic heterocycles. The maximum atomic E-state index is 4.60. The van der Waals surface area contributed by atoms with Gasteiger partial charge in [-0.05, 0) is 74.4 Å². The first-order valence-corrected chi connectivity index (χ1v) is 30.9. The third-order valence-electron chi connectivity index (χ3n) is 8.37. The van der Waals surface area contributed by atoms with E-state index in [1.807, 2.05) is 0 Å². The van der Waals surface area contributed by atoms with Crippen LogP contribution in [0.1, 0.15) is 19.3 Å². The van der Waals surface area contributed by atoms with Crippen LogP contribution in [0.3, 0.4) is 0 Å². The average molecular weight is 858 g/mol. The molecule has 0 N–H and O–H groups in total. The lowest BCUT2D eigenvalue weighted by molar-refractivity contribution is 0.536. The zero-order chi connectivity index (χ0) is 27.5. The van der Waals surface area contributed by atoms with Gasteiger partial charge in [-0.2, -0.15) is 50.5 Å². The van der Waals surface area contributed by atoms with E-state index in [-0.39, 0.29) is 0 Å². The minimum Gasteiger partial charge on any atom is -0.174 e. The molecule has 0 aromatic rings. The van der Waals surface area contributed by atoms with E-state index in [2.05, 4.69) is 160 Å². The Hall–Kier alpha value is 4.74.